The molecule has 9 heteroatoms. The number of carbonyl (C=O) groups is 2. The van der Waals surface area contributed by atoms with Crippen LogP contribution in [0.4, 0.5) is 0 Å². The van der Waals surface area contributed by atoms with Crippen molar-refractivity contribution in [1.82, 2.24) is 15.0 Å². The Morgan fingerprint density at radius 2 is 1.63 bits per heavy atom. The van der Waals surface area contributed by atoms with Gasteiger partial charge in [0, 0.05) is 23.9 Å². The van der Waals surface area contributed by atoms with Crippen molar-refractivity contribution in [1.29, 1.82) is 0 Å². The van der Waals surface area contributed by atoms with Crippen LogP contribution in [-0.4, -0.2) is 43.5 Å². The minimum atomic E-state index is -4.19. The molecule has 0 unspecified atom stereocenters. The molecule has 0 atom stereocenters. The van der Waals surface area contributed by atoms with Gasteiger partial charge in [0.05, 0.1) is 11.5 Å². The SMILES string of the molecule is O=C(NS(=O)(=O)c1ccccc1-c1ccccc1)c1ccnc(C(=O)NCCO)c1. The summed E-state index contributed by atoms with van der Waals surface area (Å²) >= 11 is 0. The third kappa shape index (κ3) is 4.88. The Morgan fingerprint density at radius 1 is 0.933 bits per heavy atom. The molecule has 1 heterocycles. The molecule has 0 fully saturated rings. The Kier molecular flexibility index (Phi) is 6.55. The number of aliphatic hydroxyl groups is 1. The second-order valence-electron chi connectivity index (χ2n) is 6.21. The van der Waals surface area contributed by atoms with Crippen LogP contribution in [0, 0.1) is 0 Å². The summed E-state index contributed by atoms with van der Waals surface area (Å²) in [6.07, 6.45) is 1.23. The number of pyridine rings is 1. The average Bonchev–Trinajstić information content (AvgIpc) is 2.78. The third-order valence-corrected chi connectivity index (χ3v) is 5.53. The first-order valence-electron chi connectivity index (χ1n) is 8.99. The van der Waals surface area contributed by atoms with E-state index in [0.29, 0.717) is 11.1 Å². The molecule has 0 aliphatic heterocycles. The van der Waals surface area contributed by atoms with Gasteiger partial charge in [-0.1, -0.05) is 48.5 Å². The van der Waals surface area contributed by atoms with Crippen LogP contribution < -0.4 is 10.0 Å². The van der Waals surface area contributed by atoms with Crippen LogP contribution in [0.3, 0.4) is 0 Å². The fraction of sp³-hybridized carbons (Fsp3) is 0.0952. The van der Waals surface area contributed by atoms with Gasteiger partial charge in [0.15, 0.2) is 0 Å². The van der Waals surface area contributed by atoms with Crippen molar-refractivity contribution in [2.45, 2.75) is 4.90 Å². The molecular formula is C21H19N3O5S. The number of sulfonamides is 1. The topological polar surface area (TPSA) is 125 Å². The third-order valence-electron chi connectivity index (χ3n) is 4.14. The van der Waals surface area contributed by atoms with E-state index in [2.05, 4.69) is 10.3 Å². The van der Waals surface area contributed by atoms with E-state index in [1.165, 1.54) is 24.4 Å². The fourth-order valence-electron chi connectivity index (χ4n) is 2.75. The monoisotopic (exact) mass is 425 g/mol. The lowest BCUT2D eigenvalue weighted by Gasteiger charge is -2.12. The first-order chi connectivity index (χ1) is 14.4. The number of carbonyl (C=O) groups excluding carboxylic acids is 2. The summed E-state index contributed by atoms with van der Waals surface area (Å²) in [7, 11) is -4.19. The fourth-order valence-corrected chi connectivity index (χ4v) is 3.95. The number of benzene rings is 2. The van der Waals surface area contributed by atoms with Crippen molar-refractivity contribution in [3.8, 4) is 11.1 Å². The van der Waals surface area contributed by atoms with E-state index in [1.807, 2.05) is 10.8 Å². The molecule has 0 radical (unpaired) electrons. The zero-order valence-electron chi connectivity index (χ0n) is 15.8. The first-order valence-corrected chi connectivity index (χ1v) is 10.5. The first kappa shape index (κ1) is 21.2. The lowest BCUT2D eigenvalue weighted by Crippen LogP contribution is -2.32. The van der Waals surface area contributed by atoms with Gasteiger partial charge in [0.2, 0.25) is 0 Å². The van der Waals surface area contributed by atoms with Crippen molar-refractivity contribution in [2.24, 2.45) is 0 Å². The van der Waals surface area contributed by atoms with Gasteiger partial charge in [-0.05, 0) is 23.8 Å². The van der Waals surface area contributed by atoms with Gasteiger partial charge in [0.1, 0.15) is 5.69 Å². The number of aliphatic hydroxyl groups excluding tert-OH is 1. The van der Waals surface area contributed by atoms with Gasteiger partial charge >= 0.3 is 0 Å². The second kappa shape index (κ2) is 9.29. The van der Waals surface area contributed by atoms with Crippen LogP contribution in [0.1, 0.15) is 20.8 Å². The van der Waals surface area contributed by atoms with Gasteiger partial charge in [-0.2, -0.15) is 0 Å². The van der Waals surface area contributed by atoms with E-state index in [-0.39, 0.29) is 29.3 Å². The molecule has 8 nitrogen and oxygen atoms in total. The summed E-state index contributed by atoms with van der Waals surface area (Å²) < 4.78 is 27.9. The number of hydrogen-bond donors (Lipinski definition) is 3. The highest BCUT2D eigenvalue weighted by Gasteiger charge is 2.23. The maximum Gasteiger partial charge on any atom is 0.269 e. The van der Waals surface area contributed by atoms with Gasteiger partial charge in [-0.3, -0.25) is 14.6 Å². The summed E-state index contributed by atoms with van der Waals surface area (Å²) in [6, 6.07) is 17.8. The largest absolute Gasteiger partial charge is 0.395 e. The molecule has 0 saturated carbocycles. The molecule has 3 aromatic rings. The number of aromatic nitrogens is 1. The smallest absolute Gasteiger partial charge is 0.269 e. The molecule has 154 valence electrons. The summed E-state index contributed by atoms with van der Waals surface area (Å²) in [5.74, 6) is -1.48. The lowest BCUT2D eigenvalue weighted by atomic mass is 10.1. The van der Waals surface area contributed by atoms with E-state index in [1.54, 1.807) is 42.5 Å². The van der Waals surface area contributed by atoms with Crippen molar-refractivity contribution in [3.63, 3.8) is 0 Å². The summed E-state index contributed by atoms with van der Waals surface area (Å²) in [5.41, 5.74) is 1.04. The number of nitrogens with zero attached hydrogens (tertiary/aromatic N) is 1. The normalized spacial score (nSPS) is 11.0. The molecule has 0 aliphatic rings. The highest BCUT2D eigenvalue weighted by atomic mass is 32.2. The van der Waals surface area contributed by atoms with Gasteiger partial charge in [-0.15, -0.1) is 0 Å². The van der Waals surface area contributed by atoms with E-state index in [9.17, 15) is 18.0 Å². The predicted octanol–water partition coefficient (Wildman–Crippen LogP) is 1.59. The van der Waals surface area contributed by atoms with E-state index in [4.69, 9.17) is 5.11 Å². The Labute approximate surface area is 173 Å². The van der Waals surface area contributed by atoms with E-state index >= 15 is 0 Å². The van der Waals surface area contributed by atoms with E-state index < -0.39 is 21.8 Å². The molecule has 0 spiro atoms. The number of rotatable bonds is 7. The minimum absolute atomic E-state index is 0.0294. The Balaban J connectivity index is 1.87. The Bertz CT molecular complexity index is 1160. The van der Waals surface area contributed by atoms with Crippen molar-refractivity contribution in [2.75, 3.05) is 13.2 Å². The zero-order chi connectivity index (χ0) is 21.6. The molecule has 0 aliphatic carbocycles. The highest BCUT2D eigenvalue weighted by molar-refractivity contribution is 7.90. The van der Waals surface area contributed by atoms with Crippen LogP contribution in [0.15, 0.2) is 77.8 Å². The summed E-state index contributed by atoms with van der Waals surface area (Å²) in [4.78, 5) is 28.4. The molecule has 30 heavy (non-hydrogen) atoms. The standard InChI is InChI=1S/C21H19N3O5S/c25-13-12-23-21(27)18-14-16(10-11-22-18)20(26)24-30(28,29)19-9-5-4-8-17(19)15-6-2-1-3-7-15/h1-11,14,25H,12-13H2,(H,23,27)(H,24,26). The van der Waals surface area contributed by atoms with Crippen molar-refractivity contribution >= 4 is 21.8 Å². The minimum Gasteiger partial charge on any atom is -0.395 e. The van der Waals surface area contributed by atoms with Crippen LogP contribution in [0.5, 0.6) is 0 Å². The molecule has 2 amide bonds. The number of hydrogen-bond acceptors (Lipinski definition) is 6. The van der Waals surface area contributed by atoms with Crippen LogP contribution in [-0.2, 0) is 10.0 Å². The number of nitrogens with one attached hydrogen (secondary N) is 2. The number of amides is 2. The maximum atomic E-state index is 12.9. The predicted molar refractivity (Wildman–Crippen MR) is 110 cm³/mol. The Morgan fingerprint density at radius 3 is 2.37 bits per heavy atom. The Hall–Kier alpha value is -3.56. The van der Waals surface area contributed by atoms with Crippen LogP contribution in [0.25, 0.3) is 11.1 Å². The molecule has 2 aromatic carbocycles. The molecule has 3 rings (SSSR count). The van der Waals surface area contributed by atoms with Crippen molar-refractivity contribution < 1.29 is 23.1 Å². The van der Waals surface area contributed by atoms with Crippen LogP contribution in [0.2, 0.25) is 0 Å². The average molecular weight is 425 g/mol. The molecular weight excluding hydrogens is 406 g/mol. The maximum absolute atomic E-state index is 12.9. The lowest BCUT2D eigenvalue weighted by molar-refractivity contribution is 0.0940. The van der Waals surface area contributed by atoms with Gasteiger partial charge < -0.3 is 10.4 Å². The van der Waals surface area contributed by atoms with Crippen molar-refractivity contribution in [3.05, 3.63) is 84.2 Å². The quantitative estimate of drug-likeness (QED) is 0.528. The zero-order valence-corrected chi connectivity index (χ0v) is 16.6. The highest BCUT2D eigenvalue weighted by Crippen LogP contribution is 2.27. The van der Waals surface area contributed by atoms with Gasteiger partial charge in [-0.25, -0.2) is 13.1 Å². The molecule has 1 aromatic heterocycles. The van der Waals surface area contributed by atoms with Crippen LogP contribution >= 0.6 is 0 Å². The summed E-state index contributed by atoms with van der Waals surface area (Å²) in [6.45, 7) is -0.216. The molecule has 0 bridgehead atoms. The van der Waals surface area contributed by atoms with E-state index in [0.717, 1.165) is 0 Å². The molecule has 0 saturated heterocycles. The van der Waals surface area contributed by atoms with Gasteiger partial charge in [0.25, 0.3) is 21.8 Å². The summed E-state index contributed by atoms with van der Waals surface area (Å²) in [5, 5.41) is 11.2. The second-order valence-corrected chi connectivity index (χ2v) is 7.86. The molecule has 3 N–H and O–H groups in total.